The lowest BCUT2D eigenvalue weighted by Crippen LogP contribution is -2.22. The summed E-state index contributed by atoms with van der Waals surface area (Å²) in [4.78, 5) is 0. The van der Waals surface area contributed by atoms with Crippen LogP contribution < -0.4 is 5.32 Å². The van der Waals surface area contributed by atoms with Crippen molar-refractivity contribution in [3.8, 4) is 5.69 Å². The standard InChI is InChI=1S/C20H20N2/c1-14-9-10-15(2)17(12-14)20-19-8-5-11-22(19)18-7-4-3-6-16(18)13-21-20/h3-12,20-21H,13H2,1-2H3. The number of fused-ring (bicyclic) bond motifs is 3. The van der Waals surface area contributed by atoms with E-state index in [4.69, 9.17) is 0 Å². The molecule has 0 saturated heterocycles. The predicted molar refractivity (Wildman–Crippen MR) is 90.4 cm³/mol. The van der Waals surface area contributed by atoms with E-state index in [0.29, 0.717) is 0 Å². The van der Waals surface area contributed by atoms with E-state index in [0.717, 1.165) is 6.54 Å². The highest BCUT2D eigenvalue weighted by atomic mass is 15.1. The van der Waals surface area contributed by atoms with Gasteiger partial charge in [-0.05, 0) is 48.7 Å². The maximum absolute atomic E-state index is 3.74. The van der Waals surface area contributed by atoms with Gasteiger partial charge in [0.2, 0.25) is 0 Å². The summed E-state index contributed by atoms with van der Waals surface area (Å²) >= 11 is 0. The van der Waals surface area contributed by atoms with Crippen LogP contribution in [0.5, 0.6) is 0 Å². The van der Waals surface area contributed by atoms with Crippen molar-refractivity contribution in [2.24, 2.45) is 0 Å². The Labute approximate surface area is 131 Å². The summed E-state index contributed by atoms with van der Waals surface area (Å²) in [6.45, 7) is 5.24. The van der Waals surface area contributed by atoms with Crippen molar-refractivity contribution in [1.29, 1.82) is 0 Å². The third-order valence-corrected chi connectivity index (χ3v) is 4.57. The average Bonchev–Trinajstić information content (AvgIpc) is 2.95. The summed E-state index contributed by atoms with van der Waals surface area (Å²) in [5, 5.41) is 3.74. The summed E-state index contributed by atoms with van der Waals surface area (Å²) in [5.41, 5.74) is 7.94. The first kappa shape index (κ1) is 13.4. The minimum Gasteiger partial charge on any atom is -0.319 e. The van der Waals surface area contributed by atoms with E-state index in [1.165, 1.54) is 33.6 Å². The molecule has 2 aromatic carbocycles. The normalized spacial score (nSPS) is 16.7. The van der Waals surface area contributed by atoms with E-state index in [1.807, 2.05) is 0 Å². The Bertz CT molecular complexity index is 829. The second-order valence-electron chi connectivity index (χ2n) is 6.11. The zero-order valence-electron chi connectivity index (χ0n) is 13.0. The predicted octanol–water partition coefficient (Wildman–Crippen LogP) is 4.29. The first-order chi connectivity index (χ1) is 10.7. The van der Waals surface area contributed by atoms with Gasteiger partial charge in [0.15, 0.2) is 0 Å². The lowest BCUT2D eigenvalue weighted by Gasteiger charge is -2.20. The van der Waals surface area contributed by atoms with E-state index < -0.39 is 0 Å². The zero-order valence-corrected chi connectivity index (χ0v) is 13.0. The van der Waals surface area contributed by atoms with Crippen LogP contribution in [0.2, 0.25) is 0 Å². The molecule has 0 spiro atoms. The van der Waals surface area contributed by atoms with E-state index in [-0.39, 0.29) is 6.04 Å². The van der Waals surface area contributed by atoms with Crippen molar-refractivity contribution in [3.63, 3.8) is 0 Å². The molecule has 2 heteroatoms. The largest absolute Gasteiger partial charge is 0.319 e. The minimum atomic E-state index is 0.224. The summed E-state index contributed by atoms with van der Waals surface area (Å²) in [7, 11) is 0. The van der Waals surface area contributed by atoms with E-state index >= 15 is 0 Å². The SMILES string of the molecule is Cc1ccc(C)c(C2NCc3ccccc3-n3cccc32)c1. The van der Waals surface area contributed by atoms with Crippen molar-refractivity contribution >= 4 is 0 Å². The van der Waals surface area contributed by atoms with Gasteiger partial charge in [-0.25, -0.2) is 0 Å². The molecule has 1 unspecified atom stereocenters. The number of aryl methyl sites for hydroxylation is 2. The molecule has 0 fully saturated rings. The Balaban J connectivity index is 1.90. The summed E-state index contributed by atoms with van der Waals surface area (Å²) in [5.74, 6) is 0. The second-order valence-corrected chi connectivity index (χ2v) is 6.11. The number of rotatable bonds is 1. The highest BCUT2D eigenvalue weighted by molar-refractivity contribution is 5.48. The summed E-state index contributed by atoms with van der Waals surface area (Å²) in [6, 6.07) is 19.9. The van der Waals surface area contributed by atoms with Crippen LogP contribution in [0, 0.1) is 13.8 Å². The Morgan fingerprint density at radius 1 is 1.00 bits per heavy atom. The van der Waals surface area contributed by atoms with Crippen molar-refractivity contribution in [1.82, 2.24) is 9.88 Å². The lowest BCUT2D eigenvalue weighted by molar-refractivity contribution is 0.598. The summed E-state index contributed by atoms with van der Waals surface area (Å²) in [6.07, 6.45) is 2.17. The van der Waals surface area contributed by atoms with Gasteiger partial charge in [-0.3, -0.25) is 0 Å². The maximum Gasteiger partial charge on any atom is 0.0740 e. The van der Waals surface area contributed by atoms with Crippen molar-refractivity contribution in [2.75, 3.05) is 0 Å². The number of benzene rings is 2. The highest BCUT2D eigenvalue weighted by Gasteiger charge is 2.23. The molecule has 3 aromatic rings. The van der Waals surface area contributed by atoms with Crippen LogP contribution >= 0.6 is 0 Å². The molecule has 0 radical (unpaired) electrons. The number of aromatic nitrogens is 1. The molecule has 2 nitrogen and oxygen atoms in total. The van der Waals surface area contributed by atoms with Gasteiger partial charge in [0.25, 0.3) is 0 Å². The Hall–Kier alpha value is -2.32. The molecule has 0 amide bonds. The quantitative estimate of drug-likeness (QED) is 0.707. The molecule has 110 valence electrons. The maximum atomic E-state index is 3.74. The van der Waals surface area contributed by atoms with Crippen LogP contribution in [0.25, 0.3) is 5.69 Å². The molecule has 1 aromatic heterocycles. The number of hydrogen-bond donors (Lipinski definition) is 1. The average molecular weight is 288 g/mol. The fourth-order valence-electron chi connectivity index (χ4n) is 3.40. The molecule has 0 bridgehead atoms. The van der Waals surface area contributed by atoms with Crippen molar-refractivity contribution < 1.29 is 0 Å². The van der Waals surface area contributed by atoms with Crippen LogP contribution in [0.1, 0.15) is 34.0 Å². The van der Waals surface area contributed by atoms with Crippen LogP contribution in [-0.2, 0) is 6.54 Å². The molecule has 0 aliphatic carbocycles. The van der Waals surface area contributed by atoms with Gasteiger partial charge in [-0.1, -0.05) is 42.0 Å². The van der Waals surface area contributed by atoms with Crippen LogP contribution in [0.15, 0.2) is 60.8 Å². The monoisotopic (exact) mass is 288 g/mol. The van der Waals surface area contributed by atoms with Gasteiger partial charge in [0.05, 0.1) is 6.04 Å². The molecule has 1 atom stereocenters. The topological polar surface area (TPSA) is 17.0 Å². The van der Waals surface area contributed by atoms with Crippen molar-refractivity contribution in [2.45, 2.75) is 26.4 Å². The smallest absolute Gasteiger partial charge is 0.0740 e. The molecule has 1 aliphatic heterocycles. The summed E-state index contributed by atoms with van der Waals surface area (Å²) < 4.78 is 2.32. The van der Waals surface area contributed by atoms with Gasteiger partial charge >= 0.3 is 0 Å². The van der Waals surface area contributed by atoms with Gasteiger partial charge in [-0.15, -0.1) is 0 Å². The number of nitrogens with zero attached hydrogens (tertiary/aromatic N) is 1. The number of hydrogen-bond acceptors (Lipinski definition) is 1. The van der Waals surface area contributed by atoms with Gasteiger partial charge < -0.3 is 9.88 Å². The molecular weight excluding hydrogens is 268 g/mol. The first-order valence-electron chi connectivity index (χ1n) is 7.80. The molecule has 1 aliphatic rings. The third kappa shape index (κ3) is 2.08. The molecular formula is C20H20N2. The highest BCUT2D eigenvalue weighted by Crippen LogP contribution is 2.32. The molecule has 22 heavy (non-hydrogen) atoms. The van der Waals surface area contributed by atoms with Gasteiger partial charge in [0, 0.05) is 24.1 Å². The van der Waals surface area contributed by atoms with Gasteiger partial charge in [0.1, 0.15) is 0 Å². The van der Waals surface area contributed by atoms with Crippen LogP contribution in [0.3, 0.4) is 0 Å². The fourth-order valence-corrected chi connectivity index (χ4v) is 3.40. The molecule has 2 heterocycles. The number of para-hydroxylation sites is 1. The Morgan fingerprint density at radius 2 is 1.86 bits per heavy atom. The second kappa shape index (κ2) is 5.15. The van der Waals surface area contributed by atoms with Crippen LogP contribution in [0.4, 0.5) is 0 Å². The Kier molecular flexibility index (Phi) is 3.12. The molecule has 4 rings (SSSR count). The fraction of sp³-hybridized carbons (Fsp3) is 0.200. The first-order valence-corrected chi connectivity index (χ1v) is 7.80. The van der Waals surface area contributed by atoms with Crippen molar-refractivity contribution in [3.05, 3.63) is 88.7 Å². The van der Waals surface area contributed by atoms with E-state index in [1.54, 1.807) is 0 Å². The Morgan fingerprint density at radius 3 is 2.77 bits per heavy atom. The third-order valence-electron chi connectivity index (χ3n) is 4.57. The lowest BCUT2D eigenvalue weighted by atomic mass is 9.96. The molecule has 1 N–H and O–H groups in total. The number of nitrogens with one attached hydrogen (secondary N) is 1. The van der Waals surface area contributed by atoms with Gasteiger partial charge in [-0.2, -0.15) is 0 Å². The molecule has 0 saturated carbocycles. The van der Waals surface area contributed by atoms with E-state index in [2.05, 4.69) is 84.5 Å². The zero-order chi connectivity index (χ0) is 15.1. The van der Waals surface area contributed by atoms with Crippen LogP contribution in [-0.4, -0.2) is 4.57 Å². The minimum absolute atomic E-state index is 0.224. The van der Waals surface area contributed by atoms with E-state index in [9.17, 15) is 0 Å².